The Morgan fingerprint density at radius 1 is 1.23 bits per heavy atom. The highest BCUT2D eigenvalue weighted by Crippen LogP contribution is 2.06. The van der Waals surface area contributed by atoms with E-state index in [9.17, 15) is 4.79 Å². The van der Waals surface area contributed by atoms with Gasteiger partial charge in [0.05, 0.1) is 0 Å². The van der Waals surface area contributed by atoms with Gasteiger partial charge >= 0.3 is 0 Å². The molecule has 0 heterocycles. The largest absolute Gasteiger partial charge is 0.449 e. The molecule has 1 unspecified atom stereocenters. The molecule has 78 valence electrons. The number of ether oxygens (including phenoxy) is 1. The van der Waals surface area contributed by atoms with E-state index in [1.165, 1.54) is 0 Å². The fraction of sp³-hybridized carbons (Fsp3) is 0.900. The fourth-order valence-corrected chi connectivity index (χ4v) is 1.48. The predicted molar refractivity (Wildman–Crippen MR) is 53.4 cm³/mol. The summed E-state index contributed by atoms with van der Waals surface area (Å²) >= 11 is 0. The minimum Gasteiger partial charge on any atom is -0.449 e. The van der Waals surface area contributed by atoms with Gasteiger partial charge in [0.15, 0.2) is 6.23 Å². The zero-order valence-corrected chi connectivity index (χ0v) is 8.95. The Morgan fingerprint density at radius 3 is 2.08 bits per heavy atom. The Hall–Kier alpha value is -0.570. The molecule has 1 atom stereocenters. The van der Waals surface area contributed by atoms with Crippen molar-refractivity contribution in [3.63, 3.8) is 0 Å². The Kier molecular flexibility index (Phi) is 7.69. The lowest BCUT2D eigenvalue weighted by molar-refractivity contribution is -0.143. The molecule has 0 saturated heterocycles. The lowest BCUT2D eigenvalue weighted by Crippen LogP contribution is -2.37. The van der Waals surface area contributed by atoms with Crippen molar-refractivity contribution in [2.45, 2.75) is 46.3 Å². The van der Waals surface area contributed by atoms with Gasteiger partial charge in [-0.3, -0.25) is 9.69 Å². The van der Waals surface area contributed by atoms with Crippen LogP contribution in [0.1, 0.15) is 40.0 Å². The van der Waals surface area contributed by atoms with E-state index in [2.05, 4.69) is 18.7 Å². The third kappa shape index (κ3) is 4.88. The summed E-state index contributed by atoms with van der Waals surface area (Å²) in [7, 11) is 0. The second kappa shape index (κ2) is 8.05. The van der Waals surface area contributed by atoms with Crippen LogP contribution in [0.2, 0.25) is 0 Å². The monoisotopic (exact) mass is 187 g/mol. The summed E-state index contributed by atoms with van der Waals surface area (Å²) in [5.41, 5.74) is 0. The Bertz CT molecular complexity index is 122. The number of carbonyl (C=O) groups excluding carboxylic acids is 1. The standard InChI is InChI=1S/C10H21NO2/c1-4-7-11(8-5-2)10(6-3)13-9-12/h9-10H,4-8H2,1-3H3. The lowest BCUT2D eigenvalue weighted by Gasteiger charge is -2.28. The molecule has 0 spiro atoms. The van der Waals surface area contributed by atoms with Crippen LogP contribution in [0.4, 0.5) is 0 Å². The van der Waals surface area contributed by atoms with Gasteiger partial charge in [-0.15, -0.1) is 0 Å². The topological polar surface area (TPSA) is 29.5 Å². The first-order valence-electron chi connectivity index (χ1n) is 5.13. The van der Waals surface area contributed by atoms with E-state index < -0.39 is 0 Å². The molecule has 0 fully saturated rings. The quantitative estimate of drug-likeness (QED) is 0.430. The van der Waals surface area contributed by atoms with Gasteiger partial charge in [0.2, 0.25) is 0 Å². The van der Waals surface area contributed by atoms with Crippen molar-refractivity contribution in [3.05, 3.63) is 0 Å². The number of carbonyl (C=O) groups is 1. The molecule has 0 aliphatic heterocycles. The Balaban J connectivity index is 4.02. The van der Waals surface area contributed by atoms with Crippen LogP contribution in [0.25, 0.3) is 0 Å². The molecule has 0 aromatic rings. The molecular formula is C10H21NO2. The highest BCUT2D eigenvalue weighted by atomic mass is 16.5. The van der Waals surface area contributed by atoms with E-state index in [1.807, 2.05) is 6.92 Å². The Morgan fingerprint density at radius 2 is 1.77 bits per heavy atom. The highest BCUT2D eigenvalue weighted by molar-refractivity contribution is 5.37. The van der Waals surface area contributed by atoms with Gasteiger partial charge in [0.1, 0.15) is 0 Å². The number of nitrogens with zero attached hydrogens (tertiary/aromatic N) is 1. The first kappa shape index (κ1) is 12.4. The maximum Gasteiger partial charge on any atom is 0.294 e. The van der Waals surface area contributed by atoms with Crippen LogP contribution < -0.4 is 0 Å². The van der Waals surface area contributed by atoms with Crippen LogP contribution in [-0.4, -0.2) is 30.7 Å². The van der Waals surface area contributed by atoms with Crippen molar-refractivity contribution in [1.29, 1.82) is 0 Å². The zero-order chi connectivity index (χ0) is 10.1. The average molecular weight is 187 g/mol. The molecule has 0 aliphatic carbocycles. The number of rotatable bonds is 8. The first-order chi connectivity index (χ1) is 6.29. The predicted octanol–water partition coefficient (Wildman–Crippen LogP) is 2.02. The van der Waals surface area contributed by atoms with Crippen LogP contribution in [0.5, 0.6) is 0 Å². The van der Waals surface area contributed by atoms with E-state index in [1.54, 1.807) is 0 Å². The van der Waals surface area contributed by atoms with Gasteiger partial charge in [0.25, 0.3) is 6.47 Å². The maximum absolute atomic E-state index is 10.2. The summed E-state index contributed by atoms with van der Waals surface area (Å²) in [5, 5.41) is 0. The third-order valence-corrected chi connectivity index (χ3v) is 1.99. The molecule has 3 heteroatoms. The van der Waals surface area contributed by atoms with Gasteiger partial charge in [-0.2, -0.15) is 0 Å². The number of hydrogen-bond donors (Lipinski definition) is 0. The van der Waals surface area contributed by atoms with Gasteiger partial charge in [-0.1, -0.05) is 20.8 Å². The summed E-state index contributed by atoms with van der Waals surface area (Å²) in [6, 6.07) is 0. The summed E-state index contributed by atoms with van der Waals surface area (Å²) in [6.45, 7) is 8.85. The Labute approximate surface area is 81.1 Å². The molecule has 0 N–H and O–H groups in total. The molecule has 0 aliphatic rings. The molecule has 0 saturated carbocycles. The van der Waals surface area contributed by atoms with Crippen molar-refractivity contribution in [1.82, 2.24) is 4.90 Å². The van der Waals surface area contributed by atoms with E-state index in [0.717, 1.165) is 32.4 Å². The molecule has 3 nitrogen and oxygen atoms in total. The molecular weight excluding hydrogens is 166 g/mol. The van der Waals surface area contributed by atoms with Gasteiger partial charge in [0, 0.05) is 13.1 Å². The van der Waals surface area contributed by atoms with E-state index >= 15 is 0 Å². The van der Waals surface area contributed by atoms with Gasteiger partial charge in [-0.05, 0) is 19.3 Å². The normalized spacial score (nSPS) is 12.9. The summed E-state index contributed by atoms with van der Waals surface area (Å²) in [4.78, 5) is 12.5. The van der Waals surface area contributed by atoms with Crippen molar-refractivity contribution in [2.75, 3.05) is 13.1 Å². The van der Waals surface area contributed by atoms with Crippen LogP contribution in [0.3, 0.4) is 0 Å². The SMILES string of the molecule is CCCN(CCC)C(CC)OC=O. The van der Waals surface area contributed by atoms with Crippen molar-refractivity contribution in [3.8, 4) is 0 Å². The minimum absolute atomic E-state index is 0.0302. The molecule has 0 radical (unpaired) electrons. The molecule has 0 amide bonds. The smallest absolute Gasteiger partial charge is 0.294 e. The van der Waals surface area contributed by atoms with E-state index in [-0.39, 0.29) is 6.23 Å². The summed E-state index contributed by atoms with van der Waals surface area (Å²) < 4.78 is 5.00. The highest BCUT2D eigenvalue weighted by Gasteiger charge is 2.15. The molecule has 0 rings (SSSR count). The number of hydrogen-bond acceptors (Lipinski definition) is 3. The van der Waals surface area contributed by atoms with E-state index in [4.69, 9.17) is 4.74 Å². The third-order valence-electron chi connectivity index (χ3n) is 1.99. The van der Waals surface area contributed by atoms with Crippen molar-refractivity contribution in [2.24, 2.45) is 0 Å². The average Bonchev–Trinajstić information content (AvgIpc) is 2.14. The van der Waals surface area contributed by atoms with E-state index in [0.29, 0.717) is 6.47 Å². The minimum atomic E-state index is -0.0302. The fourth-order valence-electron chi connectivity index (χ4n) is 1.48. The van der Waals surface area contributed by atoms with Crippen LogP contribution in [0, 0.1) is 0 Å². The van der Waals surface area contributed by atoms with Gasteiger partial charge < -0.3 is 4.74 Å². The van der Waals surface area contributed by atoms with Crippen LogP contribution in [0.15, 0.2) is 0 Å². The summed E-state index contributed by atoms with van der Waals surface area (Å²) in [5.74, 6) is 0. The van der Waals surface area contributed by atoms with Crippen molar-refractivity contribution >= 4 is 6.47 Å². The summed E-state index contributed by atoms with van der Waals surface area (Å²) in [6.07, 6.45) is 3.02. The second-order valence-corrected chi connectivity index (χ2v) is 3.13. The maximum atomic E-state index is 10.2. The lowest BCUT2D eigenvalue weighted by atomic mass is 10.3. The molecule has 0 aromatic heterocycles. The first-order valence-corrected chi connectivity index (χ1v) is 5.13. The second-order valence-electron chi connectivity index (χ2n) is 3.13. The molecule has 0 aromatic carbocycles. The molecule has 0 bridgehead atoms. The van der Waals surface area contributed by atoms with Crippen molar-refractivity contribution < 1.29 is 9.53 Å². The van der Waals surface area contributed by atoms with Crippen LogP contribution >= 0.6 is 0 Å². The zero-order valence-electron chi connectivity index (χ0n) is 8.95. The molecule has 13 heavy (non-hydrogen) atoms. The van der Waals surface area contributed by atoms with Gasteiger partial charge in [-0.25, -0.2) is 0 Å². The van der Waals surface area contributed by atoms with Crippen LogP contribution in [-0.2, 0) is 9.53 Å².